The number of carbonyl (C=O) groups excluding carboxylic acids is 1. The molecule has 0 fully saturated rings. The van der Waals surface area contributed by atoms with Gasteiger partial charge in [0.05, 0.1) is 5.69 Å². The Labute approximate surface area is 128 Å². The van der Waals surface area contributed by atoms with Crippen molar-refractivity contribution in [3.8, 4) is 0 Å². The lowest BCUT2D eigenvalue weighted by Gasteiger charge is -2.20. The predicted octanol–water partition coefficient (Wildman–Crippen LogP) is 2.63. The van der Waals surface area contributed by atoms with Crippen LogP contribution in [0.25, 0.3) is 0 Å². The first-order valence-electron chi connectivity index (χ1n) is 7.27. The van der Waals surface area contributed by atoms with Crippen LogP contribution in [0.2, 0.25) is 0 Å². The summed E-state index contributed by atoms with van der Waals surface area (Å²) < 4.78 is 0. The molecule has 3 rings (SSSR count). The average Bonchev–Trinajstić information content (AvgIpc) is 2.79. The topological polar surface area (TPSA) is 59.2 Å². The van der Waals surface area contributed by atoms with Crippen LogP contribution >= 0.6 is 11.3 Å². The summed E-state index contributed by atoms with van der Waals surface area (Å²) in [5, 5.41) is 2.50. The van der Waals surface area contributed by atoms with Crippen LogP contribution in [0.5, 0.6) is 0 Å². The molecule has 1 aliphatic heterocycles. The number of hydrogen-bond acceptors (Lipinski definition) is 4. The van der Waals surface area contributed by atoms with Crippen molar-refractivity contribution in [3.05, 3.63) is 46.5 Å². The van der Waals surface area contributed by atoms with Crippen LogP contribution in [0.4, 0.5) is 5.13 Å². The van der Waals surface area contributed by atoms with E-state index < -0.39 is 0 Å². The van der Waals surface area contributed by atoms with E-state index in [1.807, 2.05) is 16.3 Å². The number of rotatable bonds is 3. The number of nitrogen functional groups attached to an aromatic ring is 1. The highest BCUT2D eigenvalue weighted by Crippen LogP contribution is 2.19. The molecule has 5 heteroatoms. The minimum absolute atomic E-state index is 0.207. The van der Waals surface area contributed by atoms with E-state index in [-0.39, 0.29) is 5.91 Å². The van der Waals surface area contributed by atoms with Crippen LogP contribution in [-0.4, -0.2) is 22.3 Å². The SMILES string of the molecule is Nc1nc(CCC(=O)N2CCCc3ccccc3C2)cs1. The summed E-state index contributed by atoms with van der Waals surface area (Å²) in [4.78, 5) is 18.6. The van der Waals surface area contributed by atoms with Crippen molar-refractivity contribution in [2.24, 2.45) is 0 Å². The number of aryl methyl sites for hydroxylation is 2. The minimum atomic E-state index is 0.207. The van der Waals surface area contributed by atoms with Crippen LogP contribution in [0.3, 0.4) is 0 Å². The van der Waals surface area contributed by atoms with Crippen LogP contribution in [0.15, 0.2) is 29.6 Å². The van der Waals surface area contributed by atoms with E-state index >= 15 is 0 Å². The molecule has 2 aromatic rings. The Morgan fingerprint density at radius 2 is 2.14 bits per heavy atom. The Kier molecular flexibility index (Phi) is 4.20. The van der Waals surface area contributed by atoms with Crippen LogP contribution in [0, 0.1) is 0 Å². The minimum Gasteiger partial charge on any atom is -0.375 e. The van der Waals surface area contributed by atoms with Crippen molar-refractivity contribution >= 4 is 22.4 Å². The number of fused-ring (bicyclic) bond motifs is 1. The number of nitrogens with zero attached hydrogens (tertiary/aromatic N) is 2. The summed E-state index contributed by atoms with van der Waals surface area (Å²) in [6.07, 6.45) is 3.27. The van der Waals surface area contributed by atoms with Crippen molar-refractivity contribution in [2.75, 3.05) is 12.3 Å². The van der Waals surface area contributed by atoms with E-state index in [9.17, 15) is 4.79 Å². The monoisotopic (exact) mass is 301 g/mol. The maximum atomic E-state index is 12.4. The lowest BCUT2D eigenvalue weighted by Crippen LogP contribution is -2.30. The number of amides is 1. The lowest BCUT2D eigenvalue weighted by molar-refractivity contribution is -0.131. The van der Waals surface area contributed by atoms with Gasteiger partial charge in [0, 0.05) is 24.9 Å². The molecule has 0 atom stereocenters. The average molecular weight is 301 g/mol. The van der Waals surface area contributed by atoms with Gasteiger partial charge in [0.15, 0.2) is 5.13 Å². The number of carbonyl (C=O) groups is 1. The molecule has 1 amide bonds. The normalized spacial score (nSPS) is 14.6. The third-order valence-electron chi connectivity index (χ3n) is 3.87. The van der Waals surface area contributed by atoms with Crippen LogP contribution in [0.1, 0.15) is 29.7 Å². The van der Waals surface area contributed by atoms with Crippen molar-refractivity contribution in [2.45, 2.75) is 32.2 Å². The molecule has 4 nitrogen and oxygen atoms in total. The summed E-state index contributed by atoms with van der Waals surface area (Å²) >= 11 is 1.43. The zero-order valence-electron chi connectivity index (χ0n) is 11.9. The Morgan fingerprint density at radius 3 is 2.90 bits per heavy atom. The summed E-state index contributed by atoms with van der Waals surface area (Å²) in [7, 11) is 0. The van der Waals surface area contributed by atoms with E-state index in [0.717, 1.165) is 31.6 Å². The second-order valence-electron chi connectivity index (χ2n) is 5.36. The molecule has 0 radical (unpaired) electrons. The van der Waals surface area contributed by atoms with Crippen molar-refractivity contribution < 1.29 is 4.79 Å². The summed E-state index contributed by atoms with van der Waals surface area (Å²) in [6, 6.07) is 8.41. The molecule has 110 valence electrons. The van der Waals surface area contributed by atoms with Gasteiger partial charge in [-0.1, -0.05) is 24.3 Å². The van der Waals surface area contributed by atoms with Gasteiger partial charge in [-0.05, 0) is 30.4 Å². The van der Waals surface area contributed by atoms with Crippen molar-refractivity contribution in [1.29, 1.82) is 0 Å². The third-order valence-corrected chi connectivity index (χ3v) is 4.59. The Morgan fingerprint density at radius 1 is 1.33 bits per heavy atom. The standard InChI is InChI=1S/C16H19N3OS/c17-16-18-14(11-21-16)7-8-15(20)19-9-3-6-12-4-1-2-5-13(12)10-19/h1-2,4-5,11H,3,6-10H2,(H2,17,18). The molecule has 1 aromatic carbocycles. The second kappa shape index (κ2) is 6.26. The highest BCUT2D eigenvalue weighted by Gasteiger charge is 2.18. The molecule has 1 aliphatic rings. The van der Waals surface area contributed by atoms with Gasteiger partial charge in [-0.15, -0.1) is 11.3 Å². The van der Waals surface area contributed by atoms with E-state index in [0.29, 0.717) is 18.0 Å². The summed E-state index contributed by atoms with van der Waals surface area (Å²) in [5.41, 5.74) is 9.19. The zero-order valence-corrected chi connectivity index (χ0v) is 12.7. The summed E-state index contributed by atoms with van der Waals surface area (Å²) in [6.45, 7) is 1.57. The van der Waals surface area contributed by atoms with Gasteiger partial charge in [-0.25, -0.2) is 4.98 Å². The number of hydrogen-bond donors (Lipinski definition) is 1. The van der Waals surface area contributed by atoms with Crippen LogP contribution < -0.4 is 5.73 Å². The number of benzene rings is 1. The fourth-order valence-corrected chi connectivity index (χ4v) is 3.34. The van der Waals surface area contributed by atoms with Gasteiger partial charge >= 0.3 is 0 Å². The number of thiazole rings is 1. The number of aromatic nitrogens is 1. The molecule has 0 spiro atoms. The molecule has 2 N–H and O–H groups in total. The molecular formula is C16H19N3OS. The molecular weight excluding hydrogens is 282 g/mol. The highest BCUT2D eigenvalue weighted by molar-refractivity contribution is 7.13. The van der Waals surface area contributed by atoms with Gasteiger partial charge in [0.25, 0.3) is 0 Å². The van der Waals surface area contributed by atoms with E-state index in [2.05, 4.69) is 23.2 Å². The molecule has 2 heterocycles. The predicted molar refractivity (Wildman–Crippen MR) is 85.0 cm³/mol. The zero-order chi connectivity index (χ0) is 14.7. The lowest BCUT2D eigenvalue weighted by atomic mass is 10.0. The van der Waals surface area contributed by atoms with E-state index in [1.165, 1.54) is 22.5 Å². The first-order chi connectivity index (χ1) is 10.2. The van der Waals surface area contributed by atoms with Crippen molar-refractivity contribution in [1.82, 2.24) is 9.88 Å². The van der Waals surface area contributed by atoms with E-state index in [1.54, 1.807) is 0 Å². The van der Waals surface area contributed by atoms with Gasteiger partial charge in [-0.2, -0.15) is 0 Å². The van der Waals surface area contributed by atoms with Crippen LogP contribution in [-0.2, 0) is 24.2 Å². The Hall–Kier alpha value is -1.88. The fourth-order valence-electron chi connectivity index (χ4n) is 2.74. The first kappa shape index (κ1) is 14.1. The molecule has 1 aromatic heterocycles. The van der Waals surface area contributed by atoms with E-state index in [4.69, 9.17) is 5.73 Å². The molecule has 0 bridgehead atoms. The second-order valence-corrected chi connectivity index (χ2v) is 6.25. The fraction of sp³-hybridized carbons (Fsp3) is 0.375. The van der Waals surface area contributed by atoms with Gasteiger partial charge in [0.1, 0.15) is 0 Å². The maximum absolute atomic E-state index is 12.4. The largest absolute Gasteiger partial charge is 0.375 e. The molecule has 21 heavy (non-hydrogen) atoms. The number of nitrogens with two attached hydrogens (primary N) is 1. The van der Waals surface area contributed by atoms with Gasteiger partial charge in [0.2, 0.25) is 5.91 Å². The molecule has 0 aliphatic carbocycles. The molecule has 0 saturated heterocycles. The molecule has 0 saturated carbocycles. The third kappa shape index (κ3) is 3.42. The first-order valence-corrected chi connectivity index (χ1v) is 8.15. The smallest absolute Gasteiger partial charge is 0.223 e. The highest BCUT2D eigenvalue weighted by atomic mass is 32.1. The Balaban J connectivity index is 1.62. The van der Waals surface area contributed by atoms with Gasteiger partial charge in [-0.3, -0.25) is 4.79 Å². The Bertz CT molecular complexity index is 638. The summed E-state index contributed by atoms with van der Waals surface area (Å²) in [5.74, 6) is 0.207. The molecule has 0 unspecified atom stereocenters. The quantitative estimate of drug-likeness (QED) is 0.948. The van der Waals surface area contributed by atoms with Crippen molar-refractivity contribution in [3.63, 3.8) is 0 Å². The number of anilines is 1. The van der Waals surface area contributed by atoms with Gasteiger partial charge < -0.3 is 10.6 Å². The maximum Gasteiger partial charge on any atom is 0.223 e.